The molecule has 1 N–H and O–H groups in total. The van der Waals surface area contributed by atoms with Crippen molar-refractivity contribution in [2.24, 2.45) is 0 Å². The molecule has 1 aliphatic rings. The Bertz CT molecular complexity index is 760. The SMILES string of the molecule is CC1Cc2ccccc2N1Cc1ccoc1C(=O)N(C)CC(C)(C)O. The maximum atomic E-state index is 12.7. The molecular weight excluding hydrogens is 316 g/mol. The van der Waals surface area contributed by atoms with Gasteiger partial charge in [0, 0.05) is 37.4 Å². The minimum atomic E-state index is -0.945. The Hall–Kier alpha value is -2.27. The lowest BCUT2D eigenvalue weighted by Crippen LogP contribution is -2.40. The van der Waals surface area contributed by atoms with Crippen molar-refractivity contribution in [1.82, 2.24) is 4.90 Å². The summed E-state index contributed by atoms with van der Waals surface area (Å²) in [6.45, 7) is 6.44. The number of hydrogen-bond acceptors (Lipinski definition) is 4. The highest BCUT2D eigenvalue weighted by atomic mass is 16.3. The first-order chi connectivity index (χ1) is 11.8. The van der Waals surface area contributed by atoms with E-state index in [9.17, 15) is 9.90 Å². The summed E-state index contributed by atoms with van der Waals surface area (Å²) in [6, 6.07) is 10.6. The minimum absolute atomic E-state index is 0.206. The summed E-state index contributed by atoms with van der Waals surface area (Å²) in [7, 11) is 1.68. The van der Waals surface area contributed by atoms with E-state index in [0.717, 1.165) is 12.0 Å². The third-order valence-corrected chi connectivity index (χ3v) is 4.60. The van der Waals surface area contributed by atoms with Crippen LogP contribution in [0.5, 0.6) is 0 Å². The summed E-state index contributed by atoms with van der Waals surface area (Å²) >= 11 is 0. The van der Waals surface area contributed by atoms with Crippen molar-refractivity contribution in [2.75, 3.05) is 18.5 Å². The number of aliphatic hydroxyl groups is 1. The molecule has 5 nitrogen and oxygen atoms in total. The van der Waals surface area contributed by atoms with E-state index in [1.807, 2.05) is 12.1 Å². The molecule has 1 aromatic heterocycles. The number of carbonyl (C=O) groups is 1. The van der Waals surface area contributed by atoms with Gasteiger partial charge in [0.2, 0.25) is 0 Å². The molecule has 0 saturated heterocycles. The van der Waals surface area contributed by atoms with Gasteiger partial charge in [-0.15, -0.1) is 0 Å². The molecule has 1 amide bonds. The van der Waals surface area contributed by atoms with Gasteiger partial charge >= 0.3 is 0 Å². The predicted octanol–water partition coefficient (Wildman–Crippen LogP) is 3.07. The first-order valence-electron chi connectivity index (χ1n) is 8.65. The van der Waals surface area contributed by atoms with E-state index in [1.165, 1.54) is 16.2 Å². The van der Waals surface area contributed by atoms with Gasteiger partial charge in [-0.3, -0.25) is 4.79 Å². The van der Waals surface area contributed by atoms with E-state index in [4.69, 9.17) is 4.42 Å². The van der Waals surface area contributed by atoms with Crippen LogP contribution >= 0.6 is 0 Å². The molecule has 0 saturated carbocycles. The number of para-hydroxylation sites is 1. The van der Waals surface area contributed by atoms with E-state index >= 15 is 0 Å². The van der Waals surface area contributed by atoms with Crippen molar-refractivity contribution in [2.45, 2.75) is 45.4 Å². The van der Waals surface area contributed by atoms with Gasteiger partial charge in [0.25, 0.3) is 5.91 Å². The number of carbonyl (C=O) groups excluding carboxylic acids is 1. The van der Waals surface area contributed by atoms with E-state index in [2.05, 4.69) is 30.0 Å². The summed E-state index contributed by atoms with van der Waals surface area (Å²) in [6.07, 6.45) is 2.57. The molecule has 0 bridgehead atoms. The Morgan fingerprint density at radius 2 is 2.08 bits per heavy atom. The smallest absolute Gasteiger partial charge is 0.289 e. The van der Waals surface area contributed by atoms with Crippen molar-refractivity contribution >= 4 is 11.6 Å². The number of nitrogens with zero attached hydrogens (tertiary/aromatic N) is 2. The molecular formula is C20H26N2O3. The van der Waals surface area contributed by atoms with Crippen LogP contribution in [0.2, 0.25) is 0 Å². The van der Waals surface area contributed by atoms with Gasteiger partial charge in [-0.1, -0.05) is 18.2 Å². The lowest BCUT2D eigenvalue weighted by Gasteiger charge is -2.27. The third-order valence-electron chi connectivity index (χ3n) is 4.60. The van der Waals surface area contributed by atoms with Crippen LogP contribution < -0.4 is 4.90 Å². The molecule has 25 heavy (non-hydrogen) atoms. The maximum absolute atomic E-state index is 12.7. The van der Waals surface area contributed by atoms with E-state index in [0.29, 0.717) is 18.3 Å². The Morgan fingerprint density at radius 3 is 2.80 bits per heavy atom. The number of rotatable bonds is 5. The molecule has 1 unspecified atom stereocenters. The molecule has 0 aliphatic carbocycles. The van der Waals surface area contributed by atoms with E-state index in [1.54, 1.807) is 27.2 Å². The Labute approximate surface area is 148 Å². The summed E-state index contributed by atoms with van der Waals surface area (Å²) in [5.74, 6) is 0.144. The fourth-order valence-electron chi connectivity index (χ4n) is 3.53. The number of benzene rings is 1. The maximum Gasteiger partial charge on any atom is 0.289 e. The quantitative estimate of drug-likeness (QED) is 0.907. The van der Waals surface area contributed by atoms with Crippen LogP contribution in [0.1, 0.15) is 42.5 Å². The van der Waals surface area contributed by atoms with Crippen LogP contribution in [0.3, 0.4) is 0 Å². The van der Waals surface area contributed by atoms with Crippen LogP contribution in [0.25, 0.3) is 0 Å². The highest BCUT2D eigenvalue weighted by Crippen LogP contribution is 2.33. The summed E-state index contributed by atoms with van der Waals surface area (Å²) in [5, 5.41) is 9.94. The topological polar surface area (TPSA) is 56.9 Å². The zero-order chi connectivity index (χ0) is 18.2. The van der Waals surface area contributed by atoms with Gasteiger partial charge in [-0.25, -0.2) is 0 Å². The number of anilines is 1. The standard InChI is InChI=1S/C20H26N2O3/c1-14-11-15-7-5-6-8-17(15)22(14)12-16-9-10-25-18(16)19(23)21(4)13-20(2,3)24/h5-10,14,24H,11-13H2,1-4H3. The minimum Gasteiger partial charge on any atom is -0.459 e. The van der Waals surface area contributed by atoms with Gasteiger partial charge in [0.15, 0.2) is 5.76 Å². The normalized spacial score (nSPS) is 16.8. The van der Waals surface area contributed by atoms with Gasteiger partial charge in [-0.05, 0) is 44.9 Å². The summed E-state index contributed by atoms with van der Waals surface area (Å²) in [4.78, 5) is 16.5. The molecule has 0 spiro atoms. The zero-order valence-corrected chi connectivity index (χ0v) is 15.3. The molecule has 1 atom stereocenters. The highest BCUT2D eigenvalue weighted by molar-refractivity contribution is 5.93. The Morgan fingerprint density at radius 1 is 1.36 bits per heavy atom. The Balaban J connectivity index is 1.80. The van der Waals surface area contributed by atoms with Crippen LogP contribution in [0, 0.1) is 0 Å². The molecule has 0 radical (unpaired) electrons. The van der Waals surface area contributed by atoms with Gasteiger partial charge in [0.05, 0.1) is 11.9 Å². The van der Waals surface area contributed by atoms with Crippen LogP contribution in [-0.2, 0) is 13.0 Å². The first kappa shape index (κ1) is 17.5. The van der Waals surface area contributed by atoms with Crippen molar-refractivity contribution in [3.63, 3.8) is 0 Å². The average Bonchev–Trinajstić information content (AvgIpc) is 3.10. The lowest BCUT2D eigenvalue weighted by atomic mass is 10.1. The number of likely N-dealkylation sites (N-methyl/N-ethyl adjacent to an activating group) is 1. The van der Waals surface area contributed by atoms with Crippen molar-refractivity contribution < 1.29 is 14.3 Å². The molecule has 0 fully saturated rings. The molecule has 3 rings (SSSR count). The fourth-order valence-corrected chi connectivity index (χ4v) is 3.53. The van der Waals surface area contributed by atoms with Crippen molar-refractivity contribution in [3.8, 4) is 0 Å². The van der Waals surface area contributed by atoms with Crippen molar-refractivity contribution in [1.29, 1.82) is 0 Å². The number of furan rings is 1. The molecule has 5 heteroatoms. The number of hydrogen-bond donors (Lipinski definition) is 1. The zero-order valence-electron chi connectivity index (χ0n) is 15.3. The van der Waals surface area contributed by atoms with E-state index < -0.39 is 5.60 Å². The average molecular weight is 342 g/mol. The van der Waals surface area contributed by atoms with E-state index in [-0.39, 0.29) is 12.5 Å². The molecule has 134 valence electrons. The summed E-state index contributed by atoms with van der Waals surface area (Å²) in [5.41, 5.74) is 2.49. The largest absolute Gasteiger partial charge is 0.459 e. The summed E-state index contributed by atoms with van der Waals surface area (Å²) < 4.78 is 5.50. The second-order valence-electron chi connectivity index (χ2n) is 7.56. The van der Waals surface area contributed by atoms with Gasteiger partial charge < -0.3 is 19.3 Å². The van der Waals surface area contributed by atoms with Crippen LogP contribution in [-0.4, -0.2) is 41.1 Å². The predicted molar refractivity (Wildman–Crippen MR) is 97.8 cm³/mol. The molecule has 2 aromatic rings. The first-order valence-corrected chi connectivity index (χ1v) is 8.65. The van der Waals surface area contributed by atoms with Gasteiger partial charge in [-0.2, -0.15) is 0 Å². The lowest BCUT2D eigenvalue weighted by molar-refractivity contribution is 0.0351. The fraction of sp³-hybridized carbons (Fsp3) is 0.450. The van der Waals surface area contributed by atoms with Crippen LogP contribution in [0.4, 0.5) is 5.69 Å². The molecule has 1 aromatic carbocycles. The van der Waals surface area contributed by atoms with Crippen LogP contribution in [0.15, 0.2) is 41.0 Å². The molecule has 2 heterocycles. The van der Waals surface area contributed by atoms with Crippen molar-refractivity contribution in [3.05, 3.63) is 53.5 Å². The number of fused-ring (bicyclic) bond motifs is 1. The molecule has 1 aliphatic heterocycles. The number of amides is 1. The second-order valence-corrected chi connectivity index (χ2v) is 7.56. The third kappa shape index (κ3) is 3.71. The highest BCUT2D eigenvalue weighted by Gasteiger charge is 2.29. The second kappa shape index (κ2) is 6.56. The Kier molecular flexibility index (Phi) is 4.60. The monoisotopic (exact) mass is 342 g/mol. The van der Waals surface area contributed by atoms with Gasteiger partial charge in [0.1, 0.15) is 0 Å².